The van der Waals surface area contributed by atoms with Gasteiger partial charge in [0.15, 0.2) is 16.9 Å². The van der Waals surface area contributed by atoms with Gasteiger partial charge >= 0.3 is 0 Å². The minimum Gasteiger partial charge on any atom is -0.493 e. The molecule has 1 aromatic heterocycles. The Morgan fingerprint density at radius 2 is 1.97 bits per heavy atom. The van der Waals surface area contributed by atoms with Gasteiger partial charge in [-0.2, -0.15) is 0 Å². The lowest BCUT2D eigenvalue weighted by Crippen LogP contribution is -2.30. The first-order valence-corrected chi connectivity index (χ1v) is 11.8. The highest BCUT2D eigenvalue weighted by molar-refractivity contribution is 6.32. The molecule has 178 valence electrons. The van der Waals surface area contributed by atoms with Crippen molar-refractivity contribution in [2.45, 2.75) is 39.2 Å². The van der Waals surface area contributed by atoms with Crippen LogP contribution in [0.5, 0.6) is 11.5 Å². The first kappa shape index (κ1) is 23.9. The van der Waals surface area contributed by atoms with Crippen molar-refractivity contribution in [1.29, 1.82) is 0 Å². The summed E-state index contributed by atoms with van der Waals surface area (Å²) >= 11 is 6.31. The molecule has 0 spiro atoms. The van der Waals surface area contributed by atoms with Crippen molar-refractivity contribution in [2.75, 3.05) is 20.3 Å². The van der Waals surface area contributed by atoms with Crippen LogP contribution in [0.15, 0.2) is 52.2 Å². The molecule has 1 atom stereocenters. The van der Waals surface area contributed by atoms with Gasteiger partial charge in [0.2, 0.25) is 5.76 Å². The second-order valence-electron chi connectivity index (χ2n) is 8.39. The van der Waals surface area contributed by atoms with Gasteiger partial charge in [-0.15, -0.1) is 0 Å². The largest absolute Gasteiger partial charge is 0.493 e. The third-order valence-corrected chi connectivity index (χ3v) is 6.52. The standard InChI is InChI=1S/C27H28ClNO5/c1-5-7-8-11-29-24(17-9-10-20(33-12-6-2)22(14-17)32-4)23-25(30)18-15-19(28)16(3)13-21(18)34-26(23)27(29)31/h6,9-10,13-15,24H,2,5,7-8,11-12H2,1,3-4H3. The highest BCUT2D eigenvalue weighted by Gasteiger charge is 2.42. The van der Waals surface area contributed by atoms with Gasteiger partial charge in [-0.05, 0) is 48.7 Å². The smallest absolute Gasteiger partial charge is 0.290 e. The predicted molar refractivity (Wildman–Crippen MR) is 133 cm³/mol. The fraction of sp³-hybridized carbons (Fsp3) is 0.333. The zero-order valence-electron chi connectivity index (χ0n) is 19.7. The molecule has 3 aromatic rings. The number of methoxy groups -OCH3 is 1. The van der Waals surface area contributed by atoms with Gasteiger partial charge in [-0.3, -0.25) is 9.59 Å². The molecule has 1 amide bonds. The number of nitrogens with zero attached hydrogens (tertiary/aromatic N) is 1. The normalized spacial score (nSPS) is 15.0. The first-order valence-electron chi connectivity index (χ1n) is 11.4. The van der Waals surface area contributed by atoms with Gasteiger partial charge in [-0.1, -0.05) is 50.1 Å². The second-order valence-corrected chi connectivity index (χ2v) is 8.80. The van der Waals surface area contributed by atoms with Crippen LogP contribution in [0, 0.1) is 6.92 Å². The van der Waals surface area contributed by atoms with Crippen molar-refractivity contribution >= 4 is 28.5 Å². The summed E-state index contributed by atoms with van der Waals surface area (Å²) < 4.78 is 17.3. The van der Waals surface area contributed by atoms with Crippen LogP contribution in [-0.2, 0) is 0 Å². The summed E-state index contributed by atoms with van der Waals surface area (Å²) in [5, 5.41) is 0.839. The highest BCUT2D eigenvalue weighted by atomic mass is 35.5. The lowest BCUT2D eigenvalue weighted by molar-refractivity contribution is 0.0724. The molecule has 1 aliphatic rings. The van der Waals surface area contributed by atoms with E-state index < -0.39 is 6.04 Å². The number of benzene rings is 2. The van der Waals surface area contributed by atoms with Gasteiger partial charge in [0.05, 0.1) is 24.1 Å². The van der Waals surface area contributed by atoms with Crippen LogP contribution >= 0.6 is 11.6 Å². The molecule has 2 aromatic carbocycles. The molecule has 0 fully saturated rings. The molecule has 7 heteroatoms. The Labute approximate surface area is 203 Å². The van der Waals surface area contributed by atoms with Gasteiger partial charge in [-0.25, -0.2) is 0 Å². The Morgan fingerprint density at radius 3 is 2.68 bits per heavy atom. The van der Waals surface area contributed by atoms with Crippen LogP contribution in [0.25, 0.3) is 11.0 Å². The molecular formula is C27H28ClNO5. The first-order chi connectivity index (χ1) is 16.4. The lowest BCUT2D eigenvalue weighted by Gasteiger charge is -2.25. The predicted octanol–water partition coefficient (Wildman–Crippen LogP) is 6.06. The fourth-order valence-corrected chi connectivity index (χ4v) is 4.54. The van der Waals surface area contributed by atoms with E-state index in [0.717, 1.165) is 30.4 Å². The lowest BCUT2D eigenvalue weighted by atomic mass is 9.97. The van der Waals surface area contributed by atoms with Crippen molar-refractivity contribution < 1.29 is 18.7 Å². The van der Waals surface area contributed by atoms with E-state index in [9.17, 15) is 9.59 Å². The number of fused-ring (bicyclic) bond motifs is 2. The topological polar surface area (TPSA) is 69.0 Å². The number of hydrogen-bond acceptors (Lipinski definition) is 5. The van der Waals surface area contributed by atoms with E-state index in [1.54, 1.807) is 36.3 Å². The summed E-state index contributed by atoms with van der Waals surface area (Å²) in [5.74, 6) is 0.874. The quantitative estimate of drug-likeness (QED) is 0.274. The minimum atomic E-state index is -0.595. The Morgan fingerprint density at radius 1 is 1.18 bits per heavy atom. The summed E-state index contributed by atoms with van der Waals surface area (Å²) in [6.07, 6.45) is 4.46. The van der Waals surface area contributed by atoms with E-state index in [4.69, 9.17) is 25.5 Å². The summed E-state index contributed by atoms with van der Waals surface area (Å²) in [4.78, 5) is 28.9. The number of hydrogen-bond donors (Lipinski definition) is 0. The summed E-state index contributed by atoms with van der Waals surface area (Å²) in [5.41, 5.74) is 1.96. The van der Waals surface area contributed by atoms with Crippen molar-refractivity contribution in [3.63, 3.8) is 0 Å². The van der Waals surface area contributed by atoms with Crippen LogP contribution in [0.1, 0.15) is 59.5 Å². The van der Waals surface area contributed by atoms with Crippen LogP contribution in [0.4, 0.5) is 0 Å². The fourth-order valence-electron chi connectivity index (χ4n) is 4.37. The van der Waals surface area contributed by atoms with Crippen molar-refractivity contribution in [1.82, 2.24) is 4.90 Å². The molecule has 1 unspecified atom stereocenters. The molecule has 0 N–H and O–H groups in total. The average molecular weight is 482 g/mol. The molecule has 6 nitrogen and oxygen atoms in total. The second kappa shape index (κ2) is 9.94. The monoisotopic (exact) mass is 481 g/mol. The van der Waals surface area contributed by atoms with Crippen molar-refractivity contribution in [3.8, 4) is 11.5 Å². The Kier molecular flexibility index (Phi) is 6.98. The zero-order valence-corrected chi connectivity index (χ0v) is 20.4. The van der Waals surface area contributed by atoms with Crippen LogP contribution < -0.4 is 14.9 Å². The summed E-state index contributed by atoms with van der Waals surface area (Å²) in [6, 6.07) is 8.18. The Hall–Kier alpha value is -3.25. The third kappa shape index (κ3) is 4.18. The summed E-state index contributed by atoms with van der Waals surface area (Å²) in [7, 11) is 1.55. The zero-order chi connectivity index (χ0) is 24.4. The number of carbonyl (C=O) groups excluding carboxylic acids is 1. The average Bonchev–Trinajstić information content (AvgIpc) is 3.11. The van der Waals surface area contributed by atoms with Gasteiger partial charge in [0, 0.05) is 11.6 Å². The Bertz CT molecular complexity index is 1310. The molecule has 0 saturated carbocycles. The van der Waals surface area contributed by atoms with Crippen molar-refractivity contribution in [2.24, 2.45) is 0 Å². The van der Waals surface area contributed by atoms with E-state index in [1.807, 2.05) is 19.1 Å². The van der Waals surface area contributed by atoms with Crippen LogP contribution in [0.2, 0.25) is 5.02 Å². The maximum Gasteiger partial charge on any atom is 0.290 e. The number of unbranched alkanes of at least 4 members (excludes halogenated alkanes) is 2. The van der Waals surface area contributed by atoms with Gasteiger partial charge < -0.3 is 18.8 Å². The van der Waals surface area contributed by atoms with E-state index in [0.29, 0.717) is 46.2 Å². The molecule has 0 saturated heterocycles. The molecule has 0 radical (unpaired) electrons. The molecule has 0 bridgehead atoms. The van der Waals surface area contributed by atoms with E-state index in [1.165, 1.54) is 0 Å². The van der Waals surface area contributed by atoms with E-state index >= 15 is 0 Å². The molecular weight excluding hydrogens is 454 g/mol. The number of carbonyl (C=O) groups is 1. The van der Waals surface area contributed by atoms with Gasteiger partial charge in [0.25, 0.3) is 5.91 Å². The SMILES string of the molecule is C=CCOc1ccc(C2c3c(oc4cc(C)c(Cl)cc4c3=O)C(=O)N2CCCCC)cc1OC. The molecule has 2 heterocycles. The molecule has 4 rings (SSSR count). The number of rotatable bonds is 9. The van der Waals surface area contributed by atoms with E-state index in [2.05, 4.69) is 13.5 Å². The highest BCUT2D eigenvalue weighted by Crippen LogP contribution is 2.41. The maximum absolute atomic E-state index is 13.7. The third-order valence-electron chi connectivity index (χ3n) is 6.11. The number of halogens is 1. The van der Waals surface area contributed by atoms with Crippen molar-refractivity contribution in [3.05, 3.63) is 80.7 Å². The van der Waals surface area contributed by atoms with E-state index in [-0.39, 0.29) is 17.1 Å². The van der Waals surface area contributed by atoms with Crippen LogP contribution in [-0.4, -0.2) is 31.1 Å². The molecule has 0 aliphatic carbocycles. The molecule has 1 aliphatic heterocycles. The summed E-state index contributed by atoms with van der Waals surface area (Å²) in [6.45, 7) is 8.45. The Balaban J connectivity index is 1.90. The van der Waals surface area contributed by atoms with Crippen LogP contribution in [0.3, 0.4) is 0 Å². The number of amides is 1. The minimum absolute atomic E-state index is 0.0895. The number of ether oxygens (including phenoxy) is 2. The number of aryl methyl sites for hydroxylation is 1. The maximum atomic E-state index is 13.7. The molecule has 34 heavy (non-hydrogen) atoms. The van der Waals surface area contributed by atoms with Gasteiger partial charge in [0.1, 0.15) is 12.2 Å².